The summed E-state index contributed by atoms with van der Waals surface area (Å²) >= 11 is 0. The number of nitrogens with one attached hydrogen (secondary N) is 1. The summed E-state index contributed by atoms with van der Waals surface area (Å²) in [7, 11) is 0. The largest absolute Gasteiger partial charge is 0.399 e. The molecule has 0 bridgehead atoms. The topological polar surface area (TPSA) is 61.2 Å². The van der Waals surface area contributed by atoms with Crippen molar-refractivity contribution >= 4 is 16.7 Å². The Morgan fingerprint density at radius 1 is 1.21 bits per heavy atom. The molecular weight excluding hydrogens is 238 g/mol. The molecule has 2 heterocycles. The van der Waals surface area contributed by atoms with Crippen LogP contribution in [0.5, 0.6) is 0 Å². The summed E-state index contributed by atoms with van der Waals surface area (Å²) in [5, 5.41) is 0. The quantitative estimate of drug-likeness (QED) is 0.815. The van der Waals surface area contributed by atoms with E-state index >= 15 is 0 Å². The minimum absolute atomic E-state index is 0.777. The lowest BCUT2D eigenvalue weighted by molar-refractivity contribution is 0.130. The van der Waals surface area contributed by atoms with Gasteiger partial charge in [0.05, 0.1) is 17.6 Å². The molecule has 3 rings (SSSR count). The van der Waals surface area contributed by atoms with Crippen LogP contribution in [0.15, 0.2) is 18.2 Å². The van der Waals surface area contributed by atoms with E-state index in [1.807, 2.05) is 18.2 Å². The maximum Gasteiger partial charge on any atom is 0.121 e. The smallest absolute Gasteiger partial charge is 0.121 e. The summed E-state index contributed by atoms with van der Waals surface area (Å²) in [6.07, 6.45) is 0. The molecule has 19 heavy (non-hydrogen) atoms. The van der Waals surface area contributed by atoms with Gasteiger partial charge in [0.25, 0.3) is 0 Å². The summed E-state index contributed by atoms with van der Waals surface area (Å²) < 4.78 is 0. The Bertz CT molecular complexity index is 554. The van der Waals surface area contributed by atoms with Crippen LogP contribution < -0.4 is 5.73 Å². The van der Waals surface area contributed by atoms with Gasteiger partial charge in [-0.25, -0.2) is 4.98 Å². The average Bonchev–Trinajstić information content (AvgIpc) is 2.81. The summed E-state index contributed by atoms with van der Waals surface area (Å²) in [6, 6.07) is 5.81. The summed E-state index contributed by atoms with van der Waals surface area (Å²) in [5.74, 6) is 1.03. The molecule has 1 aliphatic rings. The fraction of sp³-hybridized carbons (Fsp3) is 0.500. The van der Waals surface area contributed by atoms with Crippen LogP contribution in [0.1, 0.15) is 12.7 Å². The number of anilines is 1. The molecule has 2 aromatic rings. The van der Waals surface area contributed by atoms with Crippen LogP contribution in [0.4, 0.5) is 5.69 Å². The number of piperazine rings is 1. The molecule has 0 aliphatic carbocycles. The van der Waals surface area contributed by atoms with E-state index in [1.54, 1.807) is 0 Å². The molecule has 1 aromatic heterocycles. The Hall–Kier alpha value is -1.59. The van der Waals surface area contributed by atoms with E-state index in [1.165, 1.54) is 0 Å². The van der Waals surface area contributed by atoms with Gasteiger partial charge in [-0.2, -0.15) is 0 Å². The Labute approximate surface area is 113 Å². The first-order chi connectivity index (χ1) is 9.24. The summed E-state index contributed by atoms with van der Waals surface area (Å²) in [4.78, 5) is 12.9. The van der Waals surface area contributed by atoms with E-state index in [-0.39, 0.29) is 0 Å². The minimum atomic E-state index is 0.777. The van der Waals surface area contributed by atoms with Gasteiger partial charge in [0, 0.05) is 31.9 Å². The molecular formula is C14H21N5. The highest BCUT2D eigenvalue weighted by Crippen LogP contribution is 2.16. The number of nitrogen functional groups attached to an aromatic ring is 1. The van der Waals surface area contributed by atoms with Crippen molar-refractivity contribution in [3.63, 3.8) is 0 Å². The number of benzene rings is 1. The van der Waals surface area contributed by atoms with Gasteiger partial charge >= 0.3 is 0 Å². The van der Waals surface area contributed by atoms with Crippen LogP contribution >= 0.6 is 0 Å². The molecule has 0 amide bonds. The van der Waals surface area contributed by atoms with Crippen LogP contribution in [0.3, 0.4) is 0 Å². The zero-order valence-electron chi connectivity index (χ0n) is 11.4. The molecule has 0 radical (unpaired) electrons. The fourth-order valence-corrected chi connectivity index (χ4v) is 2.63. The molecule has 102 valence electrons. The van der Waals surface area contributed by atoms with Gasteiger partial charge in [0.15, 0.2) is 0 Å². The monoisotopic (exact) mass is 259 g/mol. The molecule has 1 saturated heterocycles. The van der Waals surface area contributed by atoms with Crippen molar-refractivity contribution in [2.75, 3.05) is 38.5 Å². The number of rotatable bonds is 3. The first-order valence-electron chi connectivity index (χ1n) is 6.93. The number of aromatic nitrogens is 2. The number of nitrogens with two attached hydrogens (primary N) is 1. The summed E-state index contributed by atoms with van der Waals surface area (Å²) in [5.41, 5.74) is 8.59. The van der Waals surface area contributed by atoms with Gasteiger partial charge in [-0.15, -0.1) is 0 Å². The van der Waals surface area contributed by atoms with E-state index in [0.717, 1.165) is 61.8 Å². The van der Waals surface area contributed by atoms with Gasteiger partial charge in [-0.1, -0.05) is 6.92 Å². The van der Waals surface area contributed by atoms with Gasteiger partial charge in [-0.3, -0.25) is 4.90 Å². The summed E-state index contributed by atoms with van der Waals surface area (Å²) in [6.45, 7) is 8.82. The lowest BCUT2D eigenvalue weighted by Gasteiger charge is -2.33. The first-order valence-corrected chi connectivity index (χ1v) is 6.93. The van der Waals surface area contributed by atoms with Crippen LogP contribution in [-0.2, 0) is 6.54 Å². The molecule has 5 nitrogen and oxygen atoms in total. The predicted molar refractivity (Wildman–Crippen MR) is 77.9 cm³/mol. The van der Waals surface area contributed by atoms with Gasteiger partial charge in [-0.05, 0) is 24.7 Å². The van der Waals surface area contributed by atoms with Crippen molar-refractivity contribution in [2.45, 2.75) is 13.5 Å². The number of aromatic amines is 1. The number of nitrogens with zero attached hydrogens (tertiary/aromatic N) is 3. The molecule has 3 N–H and O–H groups in total. The number of hydrogen-bond donors (Lipinski definition) is 2. The number of fused-ring (bicyclic) bond motifs is 1. The van der Waals surface area contributed by atoms with E-state index in [0.29, 0.717) is 0 Å². The highest BCUT2D eigenvalue weighted by Gasteiger charge is 2.16. The van der Waals surface area contributed by atoms with Crippen molar-refractivity contribution < 1.29 is 0 Å². The van der Waals surface area contributed by atoms with Crippen molar-refractivity contribution in [2.24, 2.45) is 0 Å². The third kappa shape index (κ3) is 2.72. The SMILES string of the molecule is CCN1CCN(Cc2nc3ccc(N)cc3[nH]2)CC1. The second-order valence-electron chi connectivity index (χ2n) is 5.17. The highest BCUT2D eigenvalue weighted by atomic mass is 15.3. The van der Waals surface area contributed by atoms with Crippen molar-refractivity contribution in [1.29, 1.82) is 0 Å². The van der Waals surface area contributed by atoms with Crippen molar-refractivity contribution in [3.8, 4) is 0 Å². The maximum absolute atomic E-state index is 5.78. The Morgan fingerprint density at radius 3 is 2.68 bits per heavy atom. The van der Waals surface area contributed by atoms with Crippen LogP contribution in [0.25, 0.3) is 11.0 Å². The van der Waals surface area contributed by atoms with E-state index < -0.39 is 0 Å². The van der Waals surface area contributed by atoms with Crippen molar-refractivity contribution in [3.05, 3.63) is 24.0 Å². The van der Waals surface area contributed by atoms with Crippen LogP contribution in [0, 0.1) is 0 Å². The number of H-pyrrole nitrogens is 1. The Morgan fingerprint density at radius 2 is 1.95 bits per heavy atom. The van der Waals surface area contributed by atoms with Crippen LogP contribution in [-0.4, -0.2) is 52.5 Å². The van der Waals surface area contributed by atoms with Gasteiger partial charge < -0.3 is 15.6 Å². The Balaban J connectivity index is 1.68. The first kappa shape index (κ1) is 12.4. The third-order valence-corrected chi connectivity index (χ3v) is 3.84. The molecule has 1 aliphatic heterocycles. The highest BCUT2D eigenvalue weighted by molar-refractivity contribution is 5.78. The zero-order valence-corrected chi connectivity index (χ0v) is 11.4. The molecule has 0 unspecified atom stereocenters. The molecule has 5 heteroatoms. The average molecular weight is 259 g/mol. The Kier molecular flexibility index (Phi) is 3.40. The molecule has 0 atom stereocenters. The van der Waals surface area contributed by atoms with Gasteiger partial charge in [0.2, 0.25) is 0 Å². The second-order valence-corrected chi connectivity index (χ2v) is 5.17. The number of hydrogen-bond acceptors (Lipinski definition) is 4. The van der Waals surface area contributed by atoms with Gasteiger partial charge in [0.1, 0.15) is 5.82 Å². The van der Waals surface area contributed by atoms with E-state index in [4.69, 9.17) is 5.73 Å². The van der Waals surface area contributed by atoms with Crippen LogP contribution in [0.2, 0.25) is 0 Å². The normalized spacial score (nSPS) is 18.2. The third-order valence-electron chi connectivity index (χ3n) is 3.84. The molecule has 1 fully saturated rings. The maximum atomic E-state index is 5.78. The van der Waals surface area contributed by atoms with E-state index in [9.17, 15) is 0 Å². The van der Waals surface area contributed by atoms with Crippen molar-refractivity contribution in [1.82, 2.24) is 19.8 Å². The predicted octanol–water partition coefficient (Wildman–Crippen LogP) is 1.28. The number of likely N-dealkylation sites (N-methyl/N-ethyl adjacent to an activating group) is 1. The van der Waals surface area contributed by atoms with E-state index in [2.05, 4.69) is 26.7 Å². The fourth-order valence-electron chi connectivity index (χ4n) is 2.63. The standard InChI is InChI=1S/C14H21N5/c1-2-18-5-7-19(8-6-18)10-14-16-12-4-3-11(15)9-13(12)17-14/h3-4,9H,2,5-8,10,15H2,1H3,(H,16,17). The number of imidazole rings is 1. The lowest BCUT2D eigenvalue weighted by Crippen LogP contribution is -2.45. The molecule has 0 saturated carbocycles. The molecule has 0 spiro atoms. The molecule has 1 aromatic carbocycles. The second kappa shape index (κ2) is 5.19. The minimum Gasteiger partial charge on any atom is -0.399 e. The zero-order chi connectivity index (χ0) is 13.2. The lowest BCUT2D eigenvalue weighted by atomic mass is 10.3.